The molecule has 1 saturated heterocycles. The Bertz CT molecular complexity index is 399. The molecular weight excluding hydrogens is 253 g/mol. The van der Waals surface area contributed by atoms with Crippen molar-refractivity contribution >= 4 is 11.6 Å². The molecule has 1 aliphatic heterocycles. The maximum atomic E-state index is 13.9. The van der Waals surface area contributed by atoms with Gasteiger partial charge in [0.15, 0.2) is 0 Å². The lowest BCUT2D eigenvalue weighted by atomic mass is 9.89. The van der Waals surface area contributed by atoms with E-state index >= 15 is 0 Å². The highest BCUT2D eigenvalue weighted by Gasteiger charge is 2.29. The van der Waals surface area contributed by atoms with Crippen LogP contribution in [0.2, 0.25) is 5.02 Å². The minimum absolute atomic E-state index is 0.157. The molecule has 1 aromatic rings. The van der Waals surface area contributed by atoms with Crippen molar-refractivity contribution in [1.82, 2.24) is 5.32 Å². The molecule has 18 heavy (non-hydrogen) atoms. The van der Waals surface area contributed by atoms with Crippen LogP contribution in [0.25, 0.3) is 0 Å². The van der Waals surface area contributed by atoms with E-state index in [9.17, 15) is 4.39 Å². The van der Waals surface area contributed by atoms with Gasteiger partial charge in [0.1, 0.15) is 5.82 Å². The van der Waals surface area contributed by atoms with E-state index in [0.29, 0.717) is 23.1 Å². The van der Waals surface area contributed by atoms with E-state index in [-0.39, 0.29) is 11.9 Å². The quantitative estimate of drug-likeness (QED) is 0.904. The normalized spacial score (nSPS) is 24.2. The van der Waals surface area contributed by atoms with Gasteiger partial charge in [-0.2, -0.15) is 0 Å². The van der Waals surface area contributed by atoms with Gasteiger partial charge in [0, 0.05) is 29.7 Å². The third-order valence-electron chi connectivity index (χ3n) is 3.37. The van der Waals surface area contributed by atoms with Gasteiger partial charge in [0.2, 0.25) is 0 Å². The summed E-state index contributed by atoms with van der Waals surface area (Å²) in [5.74, 6) is 0.0604. The van der Waals surface area contributed by atoms with E-state index in [2.05, 4.69) is 12.2 Å². The van der Waals surface area contributed by atoms with Crippen molar-refractivity contribution in [3.63, 3.8) is 0 Å². The lowest BCUT2D eigenvalue weighted by Gasteiger charge is -2.32. The summed E-state index contributed by atoms with van der Waals surface area (Å²) in [4.78, 5) is 0. The lowest BCUT2D eigenvalue weighted by molar-refractivity contribution is -0.0295. The van der Waals surface area contributed by atoms with Gasteiger partial charge in [-0.05, 0) is 31.5 Å². The second-order valence-corrected chi connectivity index (χ2v) is 5.10. The number of nitrogens with one attached hydrogen (secondary N) is 1. The summed E-state index contributed by atoms with van der Waals surface area (Å²) in [6.45, 7) is 4.56. The van der Waals surface area contributed by atoms with Gasteiger partial charge in [0.05, 0.1) is 6.10 Å². The fraction of sp³-hybridized carbons (Fsp3) is 0.571. The van der Waals surface area contributed by atoms with E-state index in [4.69, 9.17) is 16.3 Å². The molecule has 2 unspecified atom stereocenters. The molecule has 2 rings (SSSR count). The summed E-state index contributed by atoms with van der Waals surface area (Å²) in [5, 5.41) is 3.75. The number of ether oxygens (including phenoxy) is 1. The SMILES string of the molecule is CCNCC1CCCOC1c1ccc(Cl)cc1F. The number of hydrogen-bond donors (Lipinski definition) is 1. The topological polar surface area (TPSA) is 21.3 Å². The van der Waals surface area contributed by atoms with Crippen molar-refractivity contribution in [3.8, 4) is 0 Å². The molecule has 0 bridgehead atoms. The van der Waals surface area contributed by atoms with E-state index in [1.54, 1.807) is 12.1 Å². The minimum atomic E-state index is -0.268. The third kappa shape index (κ3) is 3.22. The summed E-state index contributed by atoms with van der Waals surface area (Å²) < 4.78 is 19.7. The molecule has 1 aliphatic rings. The van der Waals surface area contributed by atoms with Crippen molar-refractivity contribution in [1.29, 1.82) is 0 Å². The second-order valence-electron chi connectivity index (χ2n) is 4.67. The Morgan fingerprint density at radius 3 is 3.06 bits per heavy atom. The molecule has 2 atom stereocenters. The molecule has 1 aromatic carbocycles. The number of benzene rings is 1. The standard InChI is InChI=1S/C14H19ClFNO/c1-2-17-9-10-4-3-7-18-14(10)12-6-5-11(15)8-13(12)16/h5-6,8,10,14,17H,2-4,7,9H2,1H3. The first kappa shape index (κ1) is 13.8. The maximum Gasteiger partial charge on any atom is 0.130 e. The molecule has 2 nitrogen and oxygen atoms in total. The molecule has 0 radical (unpaired) electrons. The van der Waals surface area contributed by atoms with Crippen LogP contribution in [0, 0.1) is 11.7 Å². The van der Waals surface area contributed by atoms with Gasteiger partial charge in [-0.15, -0.1) is 0 Å². The molecule has 0 amide bonds. The largest absolute Gasteiger partial charge is 0.373 e. The van der Waals surface area contributed by atoms with Crippen LogP contribution >= 0.6 is 11.6 Å². The van der Waals surface area contributed by atoms with E-state index < -0.39 is 0 Å². The highest BCUT2D eigenvalue weighted by Crippen LogP contribution is 2.35. The van der Waals surface area contributed by atoms with Gasteiger partial charge in [-0.3, -0.25) is 0 Å². The Kier molecular flexibility index (Phi) is 4.98. The average Bonchev–Trinajstić information content (AvgIpc) is 2.37. The molecule has 1 heterocycles. The predicted molar refractivity (Wildman–Crippen MR) is 71.4 cm³/mol. The first-order chi connectivity index (χ1) is 8.72. The highest BCUT2D eigenvalue weighted by molar-refractivity contribution is 6.30. The lowest BCUT2D eigenvalue weighted by Crippen LogP contribution is -2.32. The Morgan fingerprint density at radius 2 is 2.33 bits per heavy atom. The summed E-state index contributed by atoms with van der Waals surface area (Å²) in [6, 6.07) is 4.83. The van der Waals surface area contributed by atoms with Crippen LogP contribution in [-0.2, 0) is 4.74 Å². The van der Waals surface area contributed by atoms with E-state index in [1.165, 1.54) is 6.07 Å². The van der Waals surface area contributed by atoms with Gasteiger partial charge >= 0.3 is 0 Å². The van der Waals surface area contributed by atoms with Crippen molar-refractivity contribution in [2.24, 2.45) is 5.92 Å². The summed E-state index contributed by atoms with van der Waals surface area (Å²) in [7, 11) is 0. The first-order valence-corrected chi connectivity index (χ1v) is 6.87. The van der Waals surface area contributed by atoms with Gasteiger partial charge < -0.3 is 10.1 Å². The Labute approximate surface area is 112 Å². The summed E-state index contributed by atoms with van der Waals surface area (Å²) in [6.07, 6.45) is 1.96. The molecule has 100 valence electrons. The fourth-order valence-electron chi connectivity index (χ4n) is 2.46. The fourth-order valence-corrected chi connectivity index (χ4v) is 2.62. The first-order valence-electron chi connectivity index (χ1n) is 6.49. The Balaban J connectivity index is 2.16. The van der Waals surface area contributed by atoms with Crippen molar-refractivity contribution in [2.75, 3.05) is 19.7 Å². The molecule has 0 aliphatic carbocycles. The van der Waals surface area contributed by atoms with Crippen LogP contribution in [0.4, 0.5) is 4.39 Å². The third-order valence-corrected chi connectivity index (χ3v) is 3.61. The maximum absolute atomic E-state index is 13.9. The molecule has 0 aromatic heterocycles. The van der Waals surface area contributed by atoms with E-state index in [0.717, 1.165) is 25.9 Å². The molecule has 0 saturated carbocycles. The number of halogens is 2. The van der Waals surface area contributed by atoms with Crippen LogP contribution in [-0.4, -0.2) is 19.7 Å². The smallest absolute Gasteiger partial charge is 0.130 e. The van der Waals surface area contributed by atoms with Crippen molar-refractivity contribution < 1.29 is 9.13 Å². The van der Waals surface area contributed by atoms with Crippen LogP contribution in [0.15, 0.2) is 18.2 Å². The Morgan fingerprint density at radius 1 is 1.50 bits per heavy atom. The van der Waals surface area contributed by atoms with Gasteiger partial charge in [-0.25, -0.2) is 4.39 Å². The zero-order chi connectivity index (χ0) is 13.0. The molecule has 0 spiro atoms. The van der Waals surface area contributed by atoms with Crippen LogP contribution < -0.4 is 5.32 Å². The molecule has 1 N–H and O–H groups in total. The van der Waals surface area contributed by atoms with Crippen LogP contribution in [0.1, 0.15) is 31.4 Å². The van der Waals surface area contributed by atoms with Crippen molar-refractivity contribution in [3.05, 3.63) is 34.6 Å². The van der Waals surface area contributed by atoms with E-state index in [1.807, 2.05) is 0 Å². The monoisotopic (exact) mass is 271 g/mol. The van der Waals surface area contributed by atoms with Crippen molar-refractivity contribution in [2.45, 2.75) is 25.9 Å². The minimum Gasteiger partial charge on any atom is -0.373 e. The molecule has 1 fully saturated rings. The molecule has 4 heteroatoms. The molecular formula is C14H19ClFNO. The zero-order valence-electron chi connectivity index (χ0n) is 10.6. The second kappa shape index (κ2) is 6.50. The zero-order valence-corrected chi connectivity index (χ0v) is 11.3. The summed E-state index contributed by atoms with van der Waals surface area (Å²) >= 11 is 5.78. The highest BCUT2D eigenvalue weighted by atomic mass is 35.5. The average molecular weight is 272 g/mol. The van der Waals surface area contributed by atoms with Gasteiger partial charge in [-0.1, -0.05) is 24.6 Å². The van der Waals surface area contributed by atoms with Crippen LogP contribution in [0.5, 0.6) is 0 Å². The Hall–Kier alpha value is -0.640. The summed E-state index contributed by atoms with van der Waals surface area (Å²) in [5.41, 5.74) is 0.627. The van der Waals surface area contributed by atoms with Crippen LogP contribution in [0.3, 0.4) is 0 Å². The number of rotatable bonds is 4. The predicted octanol–water partition coefficient (Wildman–Crippen LogP) is 3.56. The van der Waals surface area contributed by atoms with Gasteiger partial charge in [0.25, 0.3) is 0 Å². The number of hydrogen-bond acceptors (Lipinski definition) is 2.